The van der Waals surface area contributed by atoms with Gasteiger partial charge in [-0.3, -0.25) is 19.0 Å². The monoisotopic (exact) mass is 438 g/mol. The summed E-state index contributed by atoms with van der Waals surface area (Å²) in [6, 6.07) is 0. The second kappa shape index (κ2) is 9.39. The maximum absolute atomic E-state index is 11.8. The summed E-state index contributed by atoms with van der Waals surface area (Å²) in [4.78, 5) is 47.6. The van der Waals surface area contributed by atoms with Gasteiger partial charge in [0, 0.05) is 20.8 Å². The van der Waals surface area contributed by atoms with Crippen LogP contribution in [0, 0.1) is 0 Å². The SMILES string of the molecule is CCSc1ncnc2c1ncn2[C@@H]1O[C@H](COC(C)=O)[C@@H](OC(C)=O)[C@H]1OC(C)=O. The molecule has 3 rings (SSSR count). The van der Waals surface area contributed by atoms with Crippen LogP contribution >= 0.6 is 11.8 Å². The van der Waals surface area contributed by atoms with Crippen LogP contribution in [-0.2, 0) is 33.3 Å². The molecule has 3 heterocycles. The molecule has 1 fully saturated rings. The smallest absolute Gasteiger partial charge is 0.303 e. The lowest BCUT2D eigenvalue weighted by molar-refractivity contribution is -0.166. The molecule has 2 aromatic heterocycles. The summed E-state index contributed by atoms with van der Waals surface area (Å²) in [5.41, 5.74) is 1.04. The number of nitrogens with zero attached hydrogens (tertiary/aromatic N) is 4. The highest BCUT2D eigenvalue weighted by molar-refractivity contribution is 7.99. The fraction of sp³-hybridized carbons (Fsp3) is 0.556. The average molecular weight is 438 g/mol. The molecule has 0 N–H and O–H groups in total. The van der Waals surface area contributed by atoms with E-state index in [0.717, 1.165) is 5.75 Å². The number of imidazole rings is 1. The predicted molar refractivity (Wildman–Crippen MR) is 103 cm³/mol. The predicted octanol–water partition coefficient (Wildman–Crippen LogP) is 1.26. The topological polar surface area (TPSA) is 132 Å². The van der Waals surface area contributed by atoms with Gasteiger partial charge >= 0.3 is 17.9 Å². The van der Waals surface area contributed by atoms with Crippen molar-refractivity contribution in [2.75, 3.05) is 12.4 Å². The number of fused-ring (bicyclic) bond motifs is 1. The lowest BCUT2D eigenvalue weighted by Gasteiger charge is -2.23. The Labute approximate surface area is 176 Å². The highest BCUT2D eigenvalue weighted by Gasteiger charge is 2.51. The van der Waals surface area contributed by atoms with Crippen LogP contribution < -0.4 is 0 Å². The van der Waals surface area contributed by atoms with Gasteiger partial charge < -0.3 is 18.9 Å². The summed E-state index contributed by atoms with van der Waals surface area (Å²) in [5, 5.41) is 0.705. The Hall–Kier alpha value is -2.73. The summed E-state index contributed by atoms with van der Waals surface area (Å²) in [7, 11) is 0. The van der Waals surface area contributed by atoms with Gasteiger partial charge in [-0.15, -0.1) is 11.8 Å². The number of hydrogen-bond acceptors (Lipinski definition) is 11. The highest BCUT2D eigenvalue weighted by atomic mass is 32.2. The lowest BCUT2D eigenvalue weighted by atomic mass is 10.1. The molecule has 2 aromatic rings. The first kappa shape index (κ1) is 22.0. The van der Waals surface area contributed by atoms with Crippen molar-refractivity contribution in [2.45, 2.75) is 57.3 Å². The quantitative estimate of drug-likeness (QED) is 0.268. The molecule has 0 radical (unpaired) electrons. The van der Waals surface area contributed by atoms with Gasteiger partial charge in [-0.2, -0.15) is 0 Å². The first-order chi connectivity index (χ1) is 14.3. The molecule has 30 heavy (non-hydrogen) atoms. The largest absolute Gasteiger partial charge is 0.463 e. The summed E-state index contributed by atoms with van der Waals surface area (Å²) >= 11 is 1.51. The van der Waals surface area contributed by atoms with E-state index in [9.17, 15) is 14.4 Å². The Bertz CT molecular complexity index is 950. The van der Waals surface area contributed by atoms with Gasteiger partial charge in [0.25, 0.3) is 0 Å². The zero-order valence-electron chi connectivity index (χ0n) is 16.9. The van der Waals surface area contributed by atoms with Crippen molar-refractivity contribution in [1.82, 2.24) is 19.5 Å². The minimum atomic E-state index is -0.999. The molecule has 162 valence electrons. The number of rotatable bonds is 7. The Morgan fingerprint density at radius 2 is 1.77 bits per heavy atom. The normalized spacial score (nSPS) is 23.3. The molecule has 0 amide bonds. The van der Waals surface area contributed by atoms with E-state index in [1.807, 2.05) is 6.92 Å². The summed E-state index contributed by atoms with van der Waals surface area (Å²) < 4.78 is 23.5. The third-order valence-corrected chi connectivity index (χ3v) is 5.08. The molecule has 0 aliphatic carbocycles. The lowest BCUT2D eigenvalue weighted by Crippen LogP contribution is -2.40. The standard InChI is InChI=1S/C18H22N4O7S/c1-5-30-17-13-16(19-7-20-17)22(8-21-13)18-15(28-11(4)25)14(27-10(3)24)12(29-18)6-26-9(2)23/h7-8,12,14-15,18H,5-6H2,1-4H3/t12-,14-,15-,18-/m1/s1. The Kier molecular flexibility index (Phi) is 6.87. The van der Waals surface area contributed by atoms with Gasteiger partial charge in [0.05, 0.1) is 6.33 Å². The summed E-state index contributed by atoms with van der Waals surface area (Å²) in [6.07, 6.45) is -0.830. The highest BCUT2D eigenvalue weighted by Crippen LogP contribution is 2.36. The molecule has 0 saturated carbocycles. The van der Waals surface area contributed by atoms with Gasteiger partial charge in [0.2, 0.25) is 0 Å². The number of hydrogen-bond donors (Lipinski definition) is 0. The van der Waals surface area contributed by atoms with Crippen LogP contribution in [0.1, 0.15) is 33.9 Å². The Balaban J connectivity index is 2.01. The van der Waals surface area contributed by atoms with Crippen molar-refractivity contribution in [3.05, 3.63) is 12.7 Å². The maximum Gasteiger partial charge on any atom is 0.303 e. The van der Waals surface area contributed by atoms with Gasteiger partial charge in [-0.1, -0.05) is 6.92 Å². The van der Waals surface area contributed by atoms with Crippen molar-refractivity contribution in [3.8, 4) is 0 Å². The van der Waals surface area contributed by atoms with E-state index >= 15 is 0 Å². The number of aromatic nitrogens is 4. The zero-order valence-corrected chi connectivity index (χ0v) is 17.7. The molecule has 4 atom stereocenters. The molecule has 1 aliphatic rings. The van der Waals surface area contributed by atoms with Crippen LogP contribution in [0.4, 0.5) is 0 Å². The average Bonchev–Trinajstić information content (AvgIpc) is 3.22. The van der Waals surface area contributed by atoms with E-state index in [1.54, 1.807) is 4.57 Å². The van der Waals surface area contributed by atoms with Gasteiger partial charge in [-0.05, 0) is 5.75 Å². The molecular formula is C18H22N4O7S. The minimum absolute atomic E-state index is 0.180. The van der Waals surface area contributed by atoms with Crippen LogP contribution in [0.5, 0.6) is 0 Å². The van der Waals surface area contributed by atoms with Crippen molar-refractivity contribution in [2.24, 2.45) is 0 Å². The van der Waals surface area contributed by atoms with Crippen molar-refractivity contribution < 1.29 is 33.3 Å². The van der Waals surface area contributed by atoms with Crippen LogP contribution in [0.2, 0.25) is 0 Å². The minimum Gasteiger partial charge on any atom is -0.463 e. The summed E-state index contributed by atoms with van der Waals surface area (Å²) in [5.74, 6) is -0.892. The van der Waals surface area contributed by atoms with E-state index in [0.29, 0.717) is 16.2 Å². The number of thioether (sulfide) groups is 1. The first-order valence-corrected chi connectivity index (χ1v) is 10.2. The van der Waals surface area contributed by atoms with E-state index < -0.39 is 42.4 Å². The van der Waals surface area contributed by atoms with E-state index in [2.05, 4.69) is 15.0 Å². The zero-order chi connectivity index (χ0) is 21.8. The third kappa shape index (κ3) is 4.70. The Morgan fingerprint density at radius 3 is 2.40 bits per heavy atom. The van der Waals surface area contributed by atoms with Gasteiger partial charge in [-0.25, -0.2) is 15.0 Å². The molecule has 0 spiro atoms. The number of carbonyl (C=O) groups excluding carboxylic acids is 3. The molecule has 0 unspecified atom stereocenters. The molecule has 1 aliphatic heterocycles. The second-order valence-corrected chi connectivity index (χ2v) is 7.70. The van der Waals surface area contributed by atoms with Crippen molar-refractivity contribution in [3.63, 3.8) is 0 Å². The van der Waals surface area contributed by atoms with Crippen molar-refractivity contribution >= 4 is 40.8 Å². The maximum atomic E-state index is 11.8. The number of esters is 3. The number of ether oxygens (including phenoxy) is 4. The Morgan fingerprint density at radius 1 is 1.07 bits per heavy atom. The number of carbonyl (C=O) groups is 3. The molecule has 1 saturated heterocycles. The fourth-order valence-electron chi connectivity index (χ4n) is 3.18. The molecule has 11 nitrogen and oxygen atoms in total. The third-order valence-electron chi connectivity index (χ3n) is 4.22. The van der Waals surface area contributed by atoms with Crippen molar-refractivity contribution in [1.29, 1.82) is 0 Å². The molecule has 0 aromatic carbocycles. The van der Waals surface area contributed by atoms with E-state index in [1.165, 1.54) is 45.2 Å². The first-order valence-electron chi connectivity index (χ1n) is 9.25. The van der Waals surface area contributed by atoms with Crippen LogP contribution in [-0.4, -0.2) is 68.1 Å². The molecule has 12 heteroatoms. The second-order valence-electron chi connectivity index (χ2n) is 6.45. The molecule has 0 bridgehead atoms. The van der Waals surface area contributed by atoms with E-state index in [4.69, 9.17) is 18.9 Å². The van der Waals surface area contributed by atoms with E-state index in [-0.39, 0.29) is 6.61 Å². The van der Waals surface area contributed by atoms with Crippen LogP contribution in [0.25, 0.3) is 11.2 Å². The van der Waals surface area contributed by atoms with Gasteiger partial charge in [0.1, 0.15) is 29.6 Å². The fourth-order valence-corrected chi connectivity index (χ4v) is 3.85. The molecular weight excluding hydrogens is 416 g/mol. The summed E-state index contributed by atoms with van der Waals surface area (Å²) in [6.45, 7) is 5.54. The van der Waals surface area contributed by atoms with Gasteiger partial charge in [0.15, 0.2) is 24.1 Å². The van der Waals surface area contributed by atoms with Crippen LogP contribution in [0.15, 0.2) is 17.7 Å². The van der Waals surface area contributed by atoms with Crippen LogP contribution in [0.3, 0.4) is 0 Å².